The van der Waals surface area contributed by atoms with Gasteiger partial charge in [-0.25, -0.2) is 0 Å². The van der Waals surface area contributed by atoms with E-state index in [2.05, 4.69) is 44.0 Å². The van der Waals surface area contributed by atoms with Crippen LogP contribution >= 0.6 is 23.5 Å². The number of hydrogen-bond donors (Lipinski definition) is 0. The van der Waals surface area contributed by atoms with Gasteiger partial charge in [-0.2, -0.15) is 0 Å². The first-order valence-electron chi connectivity index (χ1n) is 10.6. The van der Waals surface area contributed by atoms with Crippen molar-refractivity contribution in [3.63, 3.8) is 0 Å². The van der Waals surface area contributed by atoms with Crippen LogP contribution in [0.2, 0.25) is 0 Å². The summed E-state index contributed by atoms with van der Waals surface area (Å²) in [6, 6.07) is 0. The van der Waals surface area contributed by atoms with E-state index in [9.17, 15) is 4.79 Å². The zero-order valence-corrected chi connectivity index (χ0v) is 18.7. The fourth-order valence-electron chi connectivity index (χ4n) is 4.66. The van der Waals surface area contributed by atoms with Crippen LogP contribution in [0.3, 0.4) is 0 Å². The highest BCUT2D eigenvalue weighted by Crippen LogP contribution is 2.53. The van der Waals surface area contributed by atoms with Crippen molar-refractivity contribution in [2.24, 2.45) is 17.3 Å². The molecule has 2 atom stereocenters. The number of unbranched alkanes of at least 4 members (excludes halogenated alkanes) is 2. The second kappa shape index (κ2) is 9.69. The summed E-state index contributed by atoms with van der Waals surface area (Å²) in [6.45, 7) is 9.64. The summed E-state index contributed by atoms with van der Waals surface area (Å²) < 4.78 is 13.7. The minimum absolute atomic E-state index is 0.127. The van der Waals surface area contributed by atoms with Gasteiger partial charge in [0, 0.05) is 35.7 Å². The molecule has 2 heterocycles. The van der Waals surface area contributed by atoms with Crippen LogP contribution in [-0.4, -0.2) is 40.9 Å². The van der Waals surface area contributed by atoms with Gasteiger partial charge >= 0.3 is 0 Å². The molecule has 0 radical (unpaired) electrons. The number of carbonyl (C=O) groups is 1. The molecule has 0 aromatic rings. The molecule has 0 aromatic heterocycles. The zero-order chi connectivity index (χ0) is 19.3. The third-order valence-corrected chi connectivity index (χ3v) is 9.36. The maximum absolute atomic E-state index is 11.4. The van der Waals surface area contributed by atoms with Gasteiger partial charge in [0.1, 0.15) is 0 Å². The van der Waals surface area contributed by atoms with E-state index >= 15 is 0 Å². The Kier molecular flexibility index (Phi) is 7.80. The predicted molar refractivity (Wildman–Crippen MR) is 116 cm³/mol. The molecule has 3 aliphatic rings. The van der Waals surface area contributed by atoms with Gasteiger partial charge in [-0.15, -0.1) is 23.5 Å². The Labute approximate surface area is 173 Å². The lowest BCUT2D eigenvalue weighted by Gasteiger charge is -2.46. The molecule has 0 bridgehead atoms. The monoisotopic (exact) mass is 412 g/mol. The predicted octanol–water partition coefficient (Wildman–Crippen LogP) is 5.68. The Hall–Kier alpha value is 0.0300. The fourth-order valence-corrected chi connectivity index (χ4v) is 7.61. The minimum atomic E-state index is -0.331. The fraction of sp³-hybridized carbons (Fsp3) is 0.864. The number of ketones is 1. The van der Waals surface area contributed by atoms with Crippen molar-refractivity contribution in [2.45, 2.75) is 75.6 Å². The number of hydrogen-bond acceptors (Lipinski definition) is 5. The molecule has 0 N–H and O–H groups in total. The topological polar surface area (TPSA) is 35.5 Å². The number of thioether (sulfide) groups is 2. The summed E-state index contributed by atoms with van der Waals surface area (Å²) in [5.74, 6) is 3.63. The summed E-state index contributed by atoms with van der Waals surface area (Å²) in [5.41, 5.74) is 0.127. The Bertz CT molecular complexity index is 504. The van der Waals surface area contributed by atoms with Crippen LogP contribution in [0.1, 0.15) is 65.2 Å². The van der Waals surface area contributed by atoms with Crippen LogP contribution in [0, 0.1) is 17.3 Å². The largest absolute Gasteiger partial charge is 0.349 e. The lowest BCUT2D eigenvalue weighted by atomic mass is 9.85. The zero-order valence-electron chi connectivity index (χ0n) is 17.0. The first kappa shape index (κ1) is 21.7. The van der Waals surface area contributed by atoms with Crippen LogP contribution in [0.15, 0.2) is 12.7 Å². The average Bonchev–Trinajstić information content (AvgIpc) is 3.27. The molecule has 2 saturated heterocycles. The highest BCUT2D eigenvalue weighted by molar-refractivity contribution is 8.20. The quantitative estimate of drug-likeness (QED) is 0.359. The molecule has 27 heavy (non-hydrogen) atoms. The third kappa shape index (κ3) is 5.77. The second-order valence-electron chi connectivity index (χ2n) is 9.14. The molecular formula is C22H36O3S2. The lowest BCUT2D eigenvalue weighted by molar-refractivity contribution is -0.316. The van der Waals surface area contributed by atoms with Crippen molar-refractivity contribution in [1.29, 1.82) is 0 Å². The van der Waals surface area contributed by atoms with Crippen molar-refractivity contribution in [2.75, 3.05) is 24.7 Å². The Morgan fingerprint density at radius 1 is 1.15 bits per heavy atom. The van der Waals surface area contributed by atoms with Gasteiger partial charge < -0.3 is 9.47 Å². The first-order valence-corrected chi connectivity index (χ1v) is 12.7. The van der Waals surface area contributed by atoms with Gasteiger partial charge in [-0.1, -0.05) is 33.3 Å². The molecule has 0 amide bonds. The van der Waals surface area contributed by atoms with E-state index in [-0.39, 0.29) is 17.0 Å². The highest BCUT2D eigenvalue weighted by atomic mass is 32.2. The summed E-state index contributed by atoms with van der Waals surface area (Å²) in [5, 5.41) is 0. The van der Waals surface area contributed by atoms with Gasteiger partial charge in [-0.05, 0) is 37.7 Å². The first-order chi connectivity index (χ1) is 12.9. The molecule has 1 aliphatic carbocycles. The van der Waals surface area contributed by atoms with Crippen LogP contribution in [0.4, 0.5) is 0 Å². The summed E-state index contributed by atoms with van der Waals surface area (Å²) in [7, 11) is 0. The van der Waals surface area contributed by atoms with E-state index in [0.717, 1.165) is 32.5 Å². The molecule has 0 aromatic carbocycles. The highest BCUT2D eigenvalue weighted by Gasteiger charge is 2.53. The smallest absolute Gasteiger partial charge is 0.171 e. The second-order valence-corrected chi connectivity index (χ2v) is 12.1. The van der Waals surface area contributed by atoms with E-state index in [4.69, 9.17) is 9.47 Å². The maximum Gasteiger partial charge on any atom is 0.171 e. The van der Waals surface area contributed by atoms with E-state index in [1.807, 2.05) is 0 Å². The number of allylic oxidation sites excluding steroid dienone is 1. The standard InChI is InChI=1S/C22H36O3S2/c1-4-18(23)9-7-5-6-8-17-10-11-22(24-15-21(2,3)16-25-22)19(17)14-20-26-12-13-27-20/h4,17,19-20H,1,5-16H2,2-3H3/t17-,19+/m0/s1. The maximum atomic E-state index is 11.4. The third-order valence-electron chi connectivity index (χ3n) is 6.27. The number of ether oxygens (including phenoxy) is 2. The average molecular weight is 413 g/mol. The van der Waals surface area contributed by atoms with Crippen molar-refractivity contribution in [3.05, 3.63) is 12.7 Å². The molecule has 0 unspecified atom stereocenters. The number of carbonyl (C=O) groups excluding carboxylic acids is 1. The van der Waals surface area contributed by atoms with Gasteiger partial charge in [0.15, 0.2) is 11.6 Å². The van der Waals surface area contributed by atoms with E-state index in [0.29, 0.717) is 22.8 Å². The normalized spacial score (nSPS) is 30.0. The molecule has 1 spiro atoms. The molecule has 3 nitrogen and oxygen atoms in total. The van der Waals surface area contributed by atoms with E-state index < -0.39 is 0 Å². The minimum Gasteiger partial charge on any atom is -0.349 e. The Balaban J connectivity index is 1.55. The summed E-state index contributed by atoms with van der Waals surface area (Å²) in [4.78, 5) is 11.4. The molecule has 5 heteroatoms. The van der Waals surface area contributed by atoms with Crippen molar-refractivity contribution in [1.82, 2.24) is 0 Å². The van der Waals surface area contributed by atoms with Crippen molar-refractivity contribution in [3.8, 4) is 0 Å². The van der Waals surface area contributed by atoms with Gasteiger partial charge in [-0.3, -0.25) is 4.79 Å². The van der Waals surface area contributed by atoms with Crippen LogP contribution in [0.5, 0.6) is 0 Å². The van der Waals surface area contributed by atoms with Crippen molar-refractivity contribution >= 4 is 29.3 Å². The molecule has 3 rings (SSSR count). The van der Waals surface area contributed by atoms with Crippen LogP contribution in [0.25, 0.3) is 0 Å². The summed E-state index contributed by atoms with van der Waals surface area (Å²) >= 11 is 4.24. The Morgan fingerprint density at radius 2 is 1.85 bits per heavy atom. The molecular weight excluding hydrogens is 376 g/mol. The molecule has 3 fully saturated rings. The SMILES string of the molecule is C=CC(=O)CCCCC[C@H]1CCC2(OCC(C)(C)CO2)[C@@H]1CC1SCCS1. The van der Waals surface area contributed by atoms with Gasteiger partial charge in [0.05, 0.1) is 17.8 Å². The molecule has 1 saturated carbocycles. The Morgan fingerprint density at radius 3 is 2.52 bits per heavy atom. The van der Waals surface area contributed by atoms with E-state index in [1.165, 1.54) is 43.3 Å². The number of rotatable bonds is 9. The molecule has 154 valence electrons. The van der Waals surface area contributed by atoms with Crippen LogP contribution < -0.4 is 0 Å². The molecule has 2 aliphatic heterocycles. The summed E-state index contributed by atoms with van der Waals surface area (Å²) in [6.07, 6.45) is 10.2. The van der Waals surface area contributed by atoms with E-state index in [1.54, 1.807) is 0 Å². The van der Waals surface area contributed by atoms with Crippen LogP contribution in [-0.2, 0) is 14.3 Å². The lowest BCUT2D eigenvalue weighted by Crippen LogP contribution is -2.51. The van der Waals surface area contributed by atoms with Gasteiger partial charge in [0.2, 0.25) is 0 Å². The van der Waals surface area contributed by atoms with Gasteiger partial charge in [0.25, 0.3) is 0 Å². The van der Waals surface area contributed by atoms with Crippen molar-refractivity contribution < 1.29 is 14.3 Å².